The van der Waals surface area contributed by atoms with Crippen molar-refractivity contribution in [3.8, 4) is 11.3 Å². The Hall–Kier alpha value is -2.22. The molecule has 0 aliphatic rings. The van der Waals surface area contributed by atoms with Crippen molar-refractivity contribution in [1.82, 2.24) is 4.98 Å². The van der Waals surface area contributed by atoms with E-state index in [0.29, 0.717) is 6.42 Å². The zero-order valence-electron chi connectivity index (χ0n) is 13.9. The molecule has 3 aromatic rings. The first-order valence-corrected chi connectivity index (χ1v) is 8.12. The number of hydrogen-bond donors (Lipinski definition) is 0. The van der Waals surface area contributed by atoms with Crippen LogP contribution >= 0.6 is 0 Å². The summed E-state index contributed by atoms with van der Waals surface area (Å²) in [5.74, 6) is 0. The van der Waals surface area contributed by atoms with Crippen molar-refractivity contribution in [1.29, 1.82) is 0 Å². The highest BCUT2D eigenvalue weighted by Crippen LogP contribution is 2.37. The van der Waals surface area contributed by atoms with Gasteiger partial charge in [0.05, 0.1) is 5.69 Å². The lowest BCUT2D eigenvalue weighted by Crippen LogP contribution is -2.30. The van der Waals surface area contributed by atoms with Gasteiger partial charge >= 0.3 is 0 Å². The normalized spacial score (nSPS) is 13.2. The summed E-state index contributed by atoms with van der Waals surface area (Å²) in [5, 5.41) is 2.27. The Morgan fingerprint density at radius 3 is 2.39 bits per heavy atom. The van der Waals surface area contributed by atoms with Crippen LogP contribution in [-0.2, 0) is 5.41 Å². The first-order chi connectivity index (χ1) is 11.0. The minimum absolute atomic E-state index is 0.506. The Kier molecular flexibility index (Phi) is 4.16. The molecule has 0 radical (unpaired) electrons. The van der Waals surface area contributed by atoms with Gasteiger partial charge in [-0.1, -0.05) is 69.3 Å². The number of alkyl halides is 1. The highest BCUT2D eigenvalue weighted by molar-refractivity contribution is 5.85. The lowest BCUT2D eigenvalue weighted by molar-refractivity contribution is 0.209. The summed E-state index contributed by atoms with van der Waals surface area (Å²) in [6.45, 7) is 5.84. The molecule has 1 atom stereocenters. The molecule has 2 aromatic carbocycles. The highest BCUT2D eigenvalue weighted by Gasteiger charge is 2.32. The molecule has 0 unspecified atom stereocenters. The molecule has 0 amide bonds. The molecule has 0 N–H and O–H groups in total. The summed E-state index contributed by atoms with van der Waals surface area (Å²) >= 11 is 0. The van der Waals surface area contributed by atoms with Gasteiger partial charge in [0.15, 0.2) is 0 Å². The second-order valence-electron chi connectivity index (χ2n) is 6.56. The molecule has 1 aromatic heterocycles. The van der Waals surface area contributed by atoms with E-state index in [4.69, 9.17) is 0 Å². The van der Waals surface area contributed by atoms with Crippen molar-refractivity contribution in [2.24, 2.45) is 0 Å². The molecule has 0 spiro atoms. The largest absolute Gasteiger partial charge is 0.256 e. The van der Waals surface area contributed by atoms with Gasteiger partial charge in [-0.05, 0) is 23.4 Å². The molecular formula is C21H22FN. The van der Waals surface area contributed by atoms with E-state index >= 15 is 0 Å². The van der Waals surface area contributed by atoms with Crippen LogP contribution < -0.4 is 0 Å². The fourth-order valence-corrected chi connectivity index (χ4v) is 3.18. The van der Waals surface area contributed by atoms with Crippen molar-refractivity contribution in [3.05, 3.63) is 66.4 Å². The average Bonchev–Trinajstić information content (AvgIpc) is 2.60. The summed E-state index contributed by atoms with van der Waals surface area (Å²) in [6.07, 6.45) is 1.51. The number of hydrogen-bond acceptors (Lipinski definition) is 1. The van der Waals surface area contributed by atoms with E-state index in [1.807, 2.05) is 63.4 Å². The number of aromatic nitrogens is 1. The second kappa shape index (κ2) is 6.11. The summed E-state index contributed by atoms with van der Waals surface area (Å²) < 4.78 is 14.5. The van der Waals surface area contributed by atoms with Crippen LogP contribution in [0.25, 0.3) is 22.0 Å². The molecule has 0 saturated carbocycles. The lowest BCUT2D eigenvalue weighted by Gasteiger charge is -2.30. The highest BCUT2D eigenvalue weighted by atomic mass is 19.1. The van der Waals surface area contributed by atoms with Crippen LogP contribution in [-0.4, -0.2) is 11.2 Å². The SMILES string of the molecule is CC[C@@H](F)C(C)(C)c1ccccc1-c1cc2ccccc2cn1. The maximum Gasteiger partial charge on any atom is 0.109 e. The van der Waals surface area contributed by atoms with Crippen molar-refractivity contribution >= 4 is 10.8 Å². The van der Waals surface area contributed by atoms with Gasteiger partial charge in [-0.3, -0.25) is 4.98 Å². The molecular weight excluding hydrogens is 285 g/mol. The van der Waals surface area contributed by atoms with E-state index in [9.17, 15) is 4.39 Å². The van der Waals surface area contributed by atoms with Gasteiger partial charge < -0.3 is 0 Å². The third kappa shape index (κ3) is 2.86. The first-order valence-electron chi connectivity index (χ1n) is 8.12. The van der Waals surface area contributed by atoms with Crippen LogP contribution in [0, 0.1) is 0 Å². The molecule has 0 aliphatic carbocycles. The lowest BCUT2D eigenvalue weighted by atomic mass is 9.76. The Bertz CT molecular complexity index is 823. The van der Waals surface area contributed by atoms with E-state index in [-0.39, 0.29) is 0 Å². The Balaban J connectivity index is 2.16. The average molecular weight is 307 g/mol. The van der Waals surface area contributed by atoms with Crippen molar-refractivity contribution in [2.45, 2.75) is 38.8 Å². The minimum atomic E-state index is -0.885. The Morgan fingerprint density at radius 2 is 1.65 bits per heavy atom. The number of benzene rings is 2. The quantitative estimate of drug-likeness (QED) is 0.582. The third-order valence-corrected chi connectivity index (χ3v) is 4.67. The zero-order valence-corrected chi connectivity index (χ0v) is 13.9. The summed E-state index contributed by atoms with van der Waals surface area (Å²) in [7, 11) is 0. The van der Waals surface area contributed by atoms with Crippen LogP contribution in [0.1, 0.15) is 32.8 Å². The molecule has 0 fully saturated rings. The fourth-order valence-electron chi connectivity index (χ4n) is 3.18. The monoisotopic (exact) mass is 307 g/mol. The maximum absolute atomic E-state index is 14.5. The first kappa shape index (κ1) is 15.7. The minimum Gasteiger partial charge on any atom is -0.256 e. The van der Waals surface area contributed by atoms with Gasteiger partial charge in [0.2, 0.25) is 0 Å². The molecule has 0 bridgehead atoms. The third-order valence-electron chi connectivity index (χ3n) is 4.67. The Morgan fingerprint density at radius 1 is 1.00 bits per heavy atom. The van der Waals surface area contributed by atoms with Crippen LogP contribution in [0.2, 0.25) is 0 Å². The number of pyridine rings is 1. The summed E-state index contributed by atoms with van der Waals surface area (Å²) in [6, 6.07) is 18.3. The Labute approximate surface area is 137 Å². The molecule has 118 valence electrons. The molecule has 0 saturated heterocycles. The molecule has 23 heavy (non-hydrogen) atoms. The van der Waals surface area contributed by atoms with E-state index in [0.717, 1.165) is 27.6 Å². The van der Waals surface area contributed by atoms with E-state index < -0.39 is 11.6 Å². The molecule has 0 aliphatic heterocycles. The standard InChI is InChI=1S/C21H22FN/c1-4-20(22)21(2,3)18-12-8-7-11-17(18)19-13-15-9-5-6-10-16(15)14-23-19/h5-14,20H,4H2,1-3H3/t20-/m1/s1. The van der Waals surface area contributed by atoms with Gasteiger partial charge in [-0.2, -0.15) is 0 Å². The van der Waals surface area contributed by atoms with Crippen LogP contribution in [0.15, 0.2) is 60.8 Å². The van der Waals surface area contributed by atoms with E-state index in [1.54, 1.807) is 0 Å². The molecule has 1 nitrogen and oxygen atoms in total. The van der Waals surface area contributed by atoms with E-state index in [2.05, 4.69) is 23.2 Å². The molecule has 1 heterocycles. The van der Waals surface area contributed by atoms with Gasteiger partial charge in [-0.15, -0.1) is 0 Å². The fraction of sp³-hybridized carbons (Fsp3) is 0.286. The number of fused-ring (bicyclic) bond motifs is 1. The van der Waals surface area contributed by atoms with Crippen molar-refractivity contribution in [3.63, 3.8) is 0 Å². The topological polar surface area (TPSA) is 12.9 Å². The maximum atomic E-state index is 14.5. The van der Waals surface area contributed by atoms with Gasteiger partial charge in [0, 0.05) is 22.6 Å². The van der Waals surface area contributed by atoms with Crippen molar-refractivity contribution in [2.75, 3.05) is 0 Å². The second-order valence-corrected chi connectivity index (χ2v) is 6.56. The van der Waals surface area contributed by atoms with Gasteiger partial charge in [0.1, 0.15) is 6.17 Å². The van der Waals surface area contributed by atoms with Crippen LogP contribution in [0.4, 0.5) is 4.39 Å². The predicted molar refractivity (Wildman–Crippen MR) is 95.4 cm³/mol. The predicted octanol–water partition coefficient (Wildman–Crippen LogP) is 5.93. The van der Waals surface area contributed by atoms with Crippen molar-refractivity contribution < 1.29 is 4.39 Å². The van der Waals surface area contributed by atoms with Gasteiger partial charge in [0.25, 0.3) is 0 Å². The summed E-state index contributed by atoms with van der Waals surface area (Å²) in [4.78, 5) is 4.61. The number of nitrogens with zero attached hydrogens (tertiary/aromatic N) is 1. The number of halogens is 1. The summed E-state index contributed by atoms with van der Waals surface area (Å²) in [5.41, 5.74) is 2.38. The van der Waals surface area contributed by atoms with Gasteiger partial charge in [-0.25, -0.2) is 4.39 Å². The number of rotatable bonds is 4. The van der Waals surface area contributed by atoms with E-state index in [1.165, 1.54) is 0 Å². The van der Waals surface area contributed by atoms with Crippen LogP contribution in [0.5, 0.6) is 0 Å². The molecule has 3 rings (SSSR count). The zero-order chi connectivity index (χ0) is 16.4. The molecule has 2 heteroatoms. The van der Waals surface area contributed by atoms with Crippen LogP contribution in [0.3, 0.4) is 0 Å². The smallest absolute Gasteiger partial charge is 0.109 e.